The fraction of sp³-hybridized carbons (Fsp3) is 0.647. The molecular weight excluding hydrogens is 232 g/mol. The van der Waals surface area contributed by atoms with Gasteiger partial charge in [-0.15, -0.1) is 0 Å². The normalized spacial score (nSPS) is 14.9. The van der Waals surface area contributed by atoms with Gasteiger partial charge in [-0.1, -0.05) is 43.7 Å². The molecule has 0 spiro atoms. The van der Waals surface area contributed by atoms with Crippen LogP contribution in [0.25, 0.3) is 0 Å². The number of aryl methyl sites for hydroxylation is 1. The molecule has 1 aromatic carbocycles. The van der Waals surface area contributed by atoms with E-state index in [-0.39, 0.29) is 0 Å². The summed E-state index contributed by atoms with van der Waals surface area (Å²) in [5.41, 5.74) is 2.71. The number of hydrogen-bond donors (Lipinski definition) is 1. The molecule has 0 aromatic heterocycles. The van der Waals surface area contributed by atoms with Crippen molar-refractivity contribution in [1.29, 1.82) is 0 Å². The zero-order valence-corrected chi connectivity index (χ0v) is 13.4. The van der Waals surface area contributed by atoms with Gasteiger partial charge in [0.2, 0.25) is 0 Å². The lowest BCUT2D eigenvalue weighted by molar-refractivity contribution is 0.199. The van der Waals surface area contributed by atoms with Crippen LogP contribution in [-0.2, 0) is 0 Å². The molecule has 2 nitrogen and oxygen atoms in total. The second-order valence-electron chi connectivity index (χ2n) is 6.01. The molecular formula is C17H30N2. The van der Waals surface area contributed by atoms with E-state index in [1.54, 1.807) is 0 Å². The van der Waals surface area contributed by atoms with Gasteiger partial charge in [0.15, 0.2) is 0 Å². The quantitative estimate of drug-likeness (QED) is 0.807. The molecule has 0 radical (unpaired) electrons. The van der Waals surface area contributed by atoms with Gasteiger partial charge in [-0.25, -0.2) is 0 Å². The fourth-order valence-corrected chi connectivity index (χ4v) is 2.32. The van der Waals surface area contributed by atoms with Crippen LogP contribution in [0.4, 0.5) is 0 Å². The first-order valence-corrected chi connectivity index (χ1v) is 7.39. The Morgan fingerprint density at radius 1 is 1.11 bits per heavy atom. The standard InChI is InChI=1S/C17H30N2/c1-13(2)15(4)19(6)12-11-17(18-5)16-9-7-14(3)8-10-16/h7-10,13,15,17-18H,11-12H2,1-6H3. The highest BCUT2D eigenvalue weighted by Crippen LogP contribution is 2.18. The van der Waals surface area contributed by atoms with Crippen molar-refractivity contribution < 1.29 is 0 Å². The minimum absolute atomic E-state index is 0.447. The molecule has 0 saturated carbocycles. The van der Waals surface area contributed by atoms with Crippen molar-refractivity contribution in [3.05, 3.63) is 35.4 Å². The zero-order chi connectivity index (χ0) is 14.4. The first-order chi connectivity index (χ1) is 8.95. The smallest absolute Gasteiger partial charge is 0.0329 e. The van der Waals surface area contributed by atoms with Crippen molar-refractivity contribution in [3.63, 3.8) is 0 Å². The van der Waals surface area contributed by atoms with E-state index in [0.717, 1.165) is 13.0 Å². The van der Waals surface area contributed by atoms with Crippen molar-refractivity contribution in [2.45, 2.75) is 46.2 Å². The van der Waals surface area contributed by atoms with E-state index in [1.807, 2.05) is 0 Å². The summed E-state index contributed by atoms with van der Waals surface area (Å²) < 4.78 is 0. The maximum atomic E-state index is 3.43. The molecule has 0 saturated heterocycles. The molecule has 108 valence electrons. The highest BCUT2D eigenvalue weighted by atomic mass is 15.1. The lowest BCUT2D eigenvalue weighted by Crippen LogP contribution is -2.35. The molecule has 2 atom stereocenters. The van der Waals surface area contributed by atoms with E-state index >= 15 is 0 Å². The van der Waals surface area contributed by atoms with Crippen LogP contribution in [-0.4, -0.2) is 31.6 Å². The summed E-state index contributed by atoms with van der Waals surface area (Å²) in [7, 11) is 4.28. The minimum atomic E-state index is 0.447. The highest BCUT2D eigenvalue weighted by Gasteiger charge is 2.15. The largest absolute Gasteiger partial charge is 0.313 e. The molecule has 2 unspecified atom stereocenters. The first-order valence-electron chi connectivity index (χ1n) is 7.39. The third-order valence-electron chi connectivity index (χ3n) is 4.26. The van der Waals surface area contributed by atoms with Crippen LogP contribution in [0, 0.1) is 12.8 Å². The van der Waals surface area contributed by atoms with Crippen LogP contribution in [0.1, 0.15) is 44.4 Å². The molecule has 0 heterocycles. The van der Waals surface area contributed by atoms with Gasteiger partial charge in [0.05, 0.1) is 0 Å². The van der Waals surface area contributed by atoms with Gasteiger partial charge in [0.25, 0.3) is 0 Å². The van der Waals surface area contributed by atoms with E-state index in [0.29, 0.717) is 18.0 Å². The van der Waals surface area contributed by atoms with Gasteiger partial charge >= 0.3 is 0 Å². The third-order valence-corrected chi connectivity index (χ3v) is 4.26. The van der Waals surface area contributed by atoms with E-state index in [2.05, 4.69) is 76.3 Å². The van der Waals surface area contributed by atoms with Crippen LogP contribution in [0.3, 0.4) is 0 Å². The predicted molar refractivity (Wildman–Crippen MR) is 84.5 cm³/mol. The monoisotopic (exact) mass is 262 g/mol. The zero-order valence-electron chi connectivity index (χ0n) is 13.4. The van der Waals surface area contributed by atoms with Gasteiger partial charge in [-0.2, -0.15) is 0 Å². The fourth-order valence-electron chi connectivity index (χ4n) is 2.32. The Hall–Kier alpha value is -0.860. The maximum absolute atomic E-state index is 3.43. The Morgan fingerprint density at radius 3 is 2.16 bits per heavy atom. The molecule has 1 aromatic rings. The molecule has 1 N–H and O–H groups in total. The third kappa shape index (κ3) is 4.96. The Bertz CT molecular complexity index is 356. The van der Waals surface area contributed by atoms with Crippen LogP contribution in [0.5, 0.6) is 0 Å². The van der Waals surface area contributed by atoms with Crippen LogP contribution < -0.4 is 5.32 Å². The molecule has 0 amide bonds. The number of rotatable bonds is 7. The van der Waals surface area contributed by atoms with Gasteiger partial charge in [0, 0.05) is 12.1 Å². The number of nitrogens with one attached hydrogen (secondary N) is 1. The average molecular weight is 262 g/mol. The number of hydrogen-bond acceptors (Lipinski definition) is 2. The lowest BCUT2D eigenvalue weighted by atomic mass is 10.0. The van der Waals surface area contributed by atoms with Crippen LogP contribution >= 0.6 is 0 Å². The molecule has 19 heavy (non-hydrogen) atoms. The van der Waals surface area contributed by atoms with Gasteiger partial charge < -0.3 is 10.2 Å². The number of benzene rings is 1. The summed E-state index contributed by atoms with van der Waals surface area (Å²) in [4.78, 5) is 2.46. The summed E-state index contributed by atoms with van der Waals surface area (Å²) in [6.07, 6.45) is 1.15. The molecule has 0 fully saturated rings. The van der Waals surface area contributed by atoms with Gasteiger partial charge in [0.1, 0.15) is 0 Å². The lowest BCUT2D eigenvalue weighted by Gasteiger charge is -2.29. The maximum Gasteiger partial charge on any atom is 0.0329 e. The Labute approximate surface area is 119 Å². The summed E-state index contributed by atoms with van der Waals surface area (Å²) >= 11 is 0. The minimum Gasteiger partial charge on any atom is -0.313 e. The Balaban J connectivity index is 2.56. The van der Waals surface area contributed by atoms with E-state index < -0.39 is 0 Å². The van der Waals surface area contributed by atoms with Crippen molar-refractivity contribution in [2.75, 3.05) is 20.6 Å². The summed E-state index contributed by atoms with van der Waals surface area (Å²) in [5, 5.41) is 3.43. The molecule has 0 aliphatic heterocycles. The Kier molecular flexibility index (Phi) is 6.53. The molecule has 0 aliphatic carbocycles. The predicted octanol–water partition coefficient (Wildman–Crippen LogP) is 3.62. The second kappa shape index (κ2) is 7.66. The summed E-state index contributed by atoms with van der Waals surface area (Å²) in [6.45, 7) is 10.1. The summed E-state index contributed by atoms with van der Waals surface area (Å²) in [5.74, 6) is 0.706. The Morgan fingerprint density at radius 2 is 1.68 bits per heavy atom. The molecule has 2 heteroatoms. The van der Waals surface area contributed by atoms with E-state index in [1.165, 1.54) is 11.1 Å². The number of nitrogens with zero attached hydrogens (tertiary/aromatic N) is 1. The van der Waals surface area contributed by atoms with Gasteiger partial charge in [-0.3, -0.25) is 0 Å². The van der Waals surface area contributed by atoms with Crippen LogP contribution in [0.15, 0.2) is 24.3 Å². The first kappa shape index (κ1) is 16.2. The van der Waals surface area contributed by atoms with Crippen molar-refractivity contribution in [1.82, 2.24) is 10.2 Å². The van der Waals surface area contributed by atoms with Crippen molar-refractivity contribution in [2.24, 2.45) is 5.92 Å². The van der Waals surface area contributed by atoms with Crippen molar-refractivity contribution >= 4 is 0 Å². The highest BCUT2D eigenvalue weighted by molar-refractivity contribution is 5.24. The molecule has 0 aliphatic rings. The SMILES string of the molecule is CNC(CCN(C)C(C)C(C)C)c1ccc(C)cc1. The van der Waals surface area contributed by atoms with E-state index in [4.69, 9.17) is 0 Å². The van der Waals surface area contributed by atoms with Crippen LogP contribution in [0.2, 0.25) is 0 Å². The molecule has 0 bridgehead atoms. The van der Waals surface area contributed by atoms with E-state index in [9.17, 15) is 0 Å². The van der Waals surface area contributed by atoms with Gasteiger partial charge in [-0.05, 0) is 52.4 Å². The van der Waals surface area contributed by atoms with Crippen molar-refractivity contribution in [3.8, 4) is 0 Å². The average Bonchev–Trinajstić information content (AvgIpc) is 2.40. The molecule has 1 rings (SSSR count). The second-order valence-corrected chi connectivity index (χ2v) is 6.01. The topological polar surface area (TPSA) is 15.3 Å². The summed E-state index contributed by atoms with van der Waals surface area (Å²) in [6, 6.07) is 9.95.